The van der Waals surface area contributed by atoms with E-state index in [0.29, 0.717) is 12.4 Å². The van der Waals surface area contributed by atoms with Gasteiger partial charge in [-0.3, -0.25) is 5.32 Å². The second-order valence-electron chi connectivity index (χ2n) is 4.39. The van der Waals surface area contributed by atoms with E-state index in [1.807, 2.05) is 32.0 Å². The van der Waals surface area contributed by atoms with Gasteiger partial charge in [-0.05, 0) is 44.5 Å². The number of benzene rings is 1. The van der Waals surface area contributed by atoms with E-state index < -0.39 is 6.04 Å². The minimum atomic E-state index is -0.510. The molecule has 0 amide bonds. The summed E-state index contributed by atoms with van der Waals surface area (Å²) >= 11 is 3.47. The van der Waals surface area contributed by atoms with Gasteiger partial charge >= 0.3 is 5.97 Å². The zero-order chi connectivity index (χ0) is 14.4. The highest BCUT2D eigenvalue weighted by atomic mass is 79.9. The fourth-order valence-corrected chi connectivity index (χ4v) is 2.19. The number of rotatable bonds is 6. The van der Waals surface area contributed by atoms with Crippen molar-refractivity contribution in [3.8, 4) is 5.75 Å². The summed E-state index contributed by atoms with van der Waals surface area (Å²) in [5.74, 6) is 0.420. The van der Waals surface area contributed by atoms with E-state index in [2.05, 4.69) is 21.2 Å². The maximum atomic E-state index is 12.1. The number of hydrogen-bond acceptors (Lipinski definition) is 4. The van der Waals surface area contributed by atoms with E-state index >= 15 is 0 Å². The summed E-state index contributed by atoms with van der Waals surface area (Å²) in [5.41, 5.74) is 0.812. The molecule has 0 radical (unpaired) electrons. The smallest absolute Gasteiger partial charge is 0.327 e. The summed E-state index contributed by atoms with van der Waals surface area (Å²) in [6, 6.07) is 5.19. The van der Waals surface area contributed by atoms with Crippen LogP contribution in [0.3, 0.4) is 0 Å². The van der Waals surface area contributed by atoms with Crippen LogP contribution in [0.1, 0.15) is 32.4 Å². The Morgan fingerprint density at radius 1 is 1.42 bits per heavy atom. The molecule has 1 rings (SSSR count). The molecule has 4 nitrogen and oxygen atoms in total. The molecule has 5 heteroatoms. The van der Waals surface area contributed by atoms with E-state index in [1.54, 1.807) is 14.0 Å². The van der Waals surface area contributed by atoms with Gasteiger partial charge in [0.05, 0.1) is 13.7 Å². The molecule has 0 heterocycles. The summed E-state index contributed by atoms with van der Waals surface area (Å²) in [5, 5.41) is 3.21. The van der Waals surface area contributed by atoms with Gasteiger partial charge in [0.25, 0.3) is 0 Å². The van der Waals surface area contributed by atoms with Gasteiger partial charge in [0.15, 0.2) is 0 Å². The Morgan fingerprint density at radius 3 is 2.63 bits per heavy atom. The van der Waals surface area contributed by atoms with Crippen molar-refractivity contribution in [1.82, 2.24) is 5.32 Å². The molecule has 0 saturated heterocycles. The third-order valence-corrected chi connectivity index (χ3v) is 3.26. The van der Waals surface area contributed by atoms with E-state index in [9.17, 15) is 4.79 Å². The molecular formula is C14H20BrNO3. The Balaban J connectivity index is 3.11. The molecule has 0 saturated carbocycles. The monoisotopic (exact) mass is 329 g/mol. The van der Waals surface area contributed by atoms with Gasteiger partial charge in [-0.1, -0.05) is 15.9 Å². The molecule has 1 aromatic rings. The minimum absolute atomic E-state index is 0.160. The number of carbonyl (C=O) groups excluding carboxylic acids is 1. The fraction of sp³-hybridized carbons (Fsp3) is 0.500. The maximum Gasteiger partial charge on any atom is 0.327 e. The summed E-state index contributed by atoms with van der Waals surface area (Å²) in [7, 11) is 1.60. The van der Waals surface area contributed by atoms with Crippen LogP contribution in [-0.2, 0) is 9.53 Å². The lowest BCUT2D eigenvalue weighted by atomic mass is 10.1. The summed E-state index contributed by atoms with van der Waals surface area (Å²) in [4.78, 5) is 12.1. The number of halogens is 1. The number of methoxy groups -OCH3 is 1. The molecule has 1 unspecified atom stereocenters. The normalized spacial score (nSPS) is 12.3. The van der Waals surface area contributed by atoms with Gasteiger partial charge < -0.3 is 9.47 Å². The number of ether oxygens (including phenoxy) is 2. The SMILES string of the molecule is CCOC(=O)C(NC(C)C)c1cc(OC)ccc1Br. The summed E-state index contributed by atoms with van der Waals surface area (Å²) in [6.45, 7) is 6.13. The van der Waals surface area contributed by atoms with Gasteiger partial charge in [0.1, 0.15) is 11.8 Å². The number of esters is 1. The molecule has 0 bridgehead atoms. The molecule has 0 fully saturated rings. The Bertz CT molecular complexity index is 435. The molecular weight excluding hydrogens is 310 g/mol. The Kier molecular flexibility index (Phi) is 6.31. The van der Waals surface area contributed by atoms with Crippen molar-refractivity contribution in [3.05, 3.63) is 28.2 Å². The molecule has 1 N–H and O–H groups in total. The zero-order valence-electron chi connectivity index (χ0n) is 11.7. The lowest BCUT2D eigenvalue weighted by Gasteiger charge is -2.21. The summed E-state index contributed by atoms with van der Waals surface area (Å²) < 4.78 is 11.2. The van der Waals surface area contributed by atoms with Crippen LogP contribution in [0.2, 0.25) is 0 Å². The zero-order valence-corrected chi connectivity index (χ0v) is 13.3. The first-order valence-electron chi connectivity index (χ1n) is 6.25. The van der Waals surface area contributed by atoms with E-state index in [4.69, 9.17) is 9.47 Å². The average molecular weight is 330 g/mol. The quantitative estimate of drug-likeness (QED) is 0.815. The third-order valence-electron chi connectivity index (χ3n) is 2.54. The first-order chi connectivity index (χ1) is 8.99. The molecule has 0 spiro atoms. The van der Waals surface area contributed by atoms with Crippen LogP contribution >= 0.6 is 15.9 Å². The lowest BCUT2D eigenvalue weighted by molar-refractivity contribution is -0.146. The van der Waals surface area contributed by atoms with Crippen LogP contribution in [0.4, 0.5) is 0 Å². The van der Waals surface area contributed by atoms with Crippen LogP contribution in [0.15, 0.2) is 22.7 Å². The predicted octanol–water partition coefficient (Wildman–Crippen LogP) is 3.06. The maximum absolute atomic E-state index is 12.1. The van der Waals surface area contributed by atoms with Crippen LogP contribution in [0.5, 0.6) is 5.75 Å². The van der Waals surface area contributed by atoms with Gasteiger partial charge in [0.2, 0.25) is 0 Å². The fourth-order valence-electron chi connectivity index (χ4n) is 1.71. The van der Waals surface area contributed by atoms with Crippen LogP contribution in [0, 0.1) is 0 Å². The second kappa shape index (κ2) is 7.50. The summed E-state index contributed by atoms with van der Waals surface area (Å²) in [6.07, 6.45) is 0. The first-order valence-corrected chi connectivity index (χ1v) is 7.05. The second-order valence-corrected chi connectivity index (χ2v) is 5.25. The van der Waals surface area contributed by atoms with Crippen LogP contribution in [-0.4, -0.2) is 25.7 Å². The Labute approximate surface area is 122 Å². The van der Waals surface area contributed by atoms with E-state index in [0.717, 1.165) is 10.0 Å². The first kappa shape index (κ1) is 16.0. The molecule has 0 aliphatic heterocycles. The molecule has 19 heavy (non-hydrogen) atoms. The largest absolute Gasteiger partial charge is 0.497 e. The van der Waals surface area contributed by atoms with Gasteiger partial charge in [-0.25, -0.2) is 4.79 Å². The highest BCUT2D eigenvalue weighted by molar-refractivity contribution is 9.10. The highest BCUT2D eigenvalue weighted by Gasteiger charge is 2.25. The molecule has 0 aliphatic carbocycles. The highest BCUT2D eigenvalue weighted by Crippen LogP contribution is 2.29. The Hall–Kier alpha value is -1.07. The van der Waals surface area contributed by atoms with Crippen molar-refractivity contribution < 1.29 is 14.3 Å². The van der Waals surface area contributed by atoms with Crippen molar-refractivity contribution in [2.24, 2.45) is 0 Å². The predicted molar refractivity (Wildman–Crippen MR) is 78.3 cm³/mol. The van der Waals surface area contributed by atoms with Gasteiger partial charge in [-0.15, -0.1) is 0 Å². The van der Waals surface area contributed by atoms with E-state index in [-0.39, 0.29) is 12.0 Å². The molecule has 0 aliphatic rings. The van der Waals surface area contributed by atoms with Crippen molar-refractivity contribution >= 4 is 21.9 Å². The molecule has 1 atom stereocenters. The number of carbonyl (C=O) groups is 1. The Morgan fingerprint density at radius 2 is 2.11 bits per heavy atom. The lowest BCUT2D eigenvalue weighted by Crippen LogP contribution is -2.35. The number of hydrogen-bond donors (Lipinski definition) is 1. The topological polar surface area (TPSA) is 47.6 Å². The van der Waals surface area contributed by atoms with Crippen molar-refractivity contribution in [1.29, 1.82) is 0 Å². The molecule has 0 aromatic heterocycles. The van der Waals surface area contributed by atoms with Crippen LogP contribution < -0.4 is 10.1 Å². The minimum Gasteiger partial charge on any atom is -0.497 e. The van der Waals surface area contributed by atoms with Crippen molar-refractivity contribution in [2.45, 2.75) is 32.9 Å². The van der Waals surface area contributed by atoms with E-state index in [1.165, 1.54) is 0 Å². The number of nitrogens with one attached hydrogen (secondary N) is 1. The van der Waals surface area contributed by atoms with Crippen LogP contribution in [0.25, 0.3) is 0 Å². The van der Waals surface area contributed by atoms with Crippen molar-refractivity contribution in [2.75, 3.05) is 13.7 Å². The molecule has 106 valence electrons. The third kappa shape index (κ3) is 4.51. The molecule has 1 aromatic carbocycles. The van der Waals surface area contributed by atoms with Gasteiger partial charge in [0, 0.05) is 10.5 Å². The van der Waals surface area contributed by atoms with Crippen molar-refractivity contribution in [3.63, 3.8) is 0 Å². The van der Waals surface area contributed by atoms with Gasteiger partial charge in [-0.2, -0.15) is 0 Å². The average Bonchev–Trinajstić information content (AvgIpc) is 2.37. The standard InChI is InChI=1S/C14H20BrNO3/c1-5-19-14(17)13(16-9(2)3)11-8-10(18-4)6-7-12(11)15/h6-9,13,16H,5H2,1-4H3.